The molecule has 8 heteroatoms. The summed E-state index contributed by atoms with van der Waals surface area (Å²) < 4.78 is 59.2. The molecule has 0 amide bonds. The van der Waals surface area contributed by atoms with Crippen molar-refractivity contribution in [1.29, 1.82) is 0 Å². The first-order valence-electron chi connectivity index (χ1n) is 2.73. The van der Waals surface area contributed by atoms with Crippen molar-refractivity contribution in [3.8, 4) is 0 Å². The first-order valence-corrected chi connectivity index (χ1v) is 4.76. The van der Waals surface area contributed by atoms with Crippen LogP contribution < -0.4 is 0 Å². The van der Waals surface area contributed by atoms with Gasteiger partial charge >= 0.3 is 33.0 Å². The smallest absolute Gasteiger partial charge is 0 e. The first-order chi connectivity index (χ1) is 4.95. The van der Waals surface area contributed by atoms with E-state index in [0.29, 0.717) is 0 Å². The van der Waals surface area contributed by atoms with Crippen LogP contribution in [0, 0.1) is 43.2 Å². The van der Waals surface area contributed by atoms with E-state index < -0.39 is 7.81 Å². The summed E-state index contributed by atoms with van der Waals surface area (Å²) in [6.07, 6.45) is 10.0. The molecule has 0 bridgehead atoms. The second-order valence-corrected chi connectivity index (χ2v) is 3.88. The molecule has 0 aromatic rings. The van der Waals surface area contributed by atoms with Crippen LogP contribution in [-0.4, -0.2) is 0 Å². The summed E-state index contributed by atoms with van der Waals surface area (Å²) in [6.45, 7) is 0. The number of hydrogen-bond donors (Lipinski definition) is 0. The Labute approximate surface area is 118 Å². The van der Waals surface area contributed by atoms with E-state index in [1.54, 1.807) is 0 Å². The van der Waals surface area contributed by atoms with Gasteiger partial charge in [-0.25, -0.2) is 12.2 Å². The van der Waals surface area contributed by atoms with Gasteiger partial charge in [0.15, 0.2) is 0 Å². The molecule has 0 aliphatic heterocycles. The van der Waals surface area contributed by atoms with Gasteiger partial charge in [-0.05, 0) is 0 Å². The van der Waals surface area contributed by atoms with Crippen LogP contribution in [0.1, 0.15) is 6.42 Å². The normalized spacial score (nSPS) is 13.9. The summed E-state index contributed by atoms with van der Waals surface area (Å²) >= 11 is 0. The van der Waals surface area contributed by atoms with Crippen molar-refractivity contribution in [2.24, 2.45) is 0 Å². The summed E-state index contributed by atoms with van der Waals surface area (Å²) in [7, 11) is -10.7. The summed E-state index contributed by atoms with van der Waals surface area (Å²) in [5.74, 6) is 0. The fourth-order valence-corrected chi connectivity index (χ4v) is 0.340. The molecule has 0 saturated carbocycles. The molecule has 123 valence electrons. The van der Waals surface area contributed by atoms with Crippen molar-refractivity contribution in [1.82, 2.24) is 0 Å². The van der Waals surface area contributed by atoms with E-state index in [1.807, 2.05) is 12.2 Å². The maximum absolute atomic E-state index is 10.7. The number of hydrogen-bond acceptors (Lipinski definition) is 0. The zero-order valence-electron chi connectivity index (χ0n) is 11.0. The third-order valence-corrected chi connectivity index (χ3v) is 0.586. The van der Waals surface area contributed by atoms with Gasteiger partial charge in [-0.3, -0.25) is 6.08 Å². The zero-order chi connectivity index (χ0) is 9.94. The van der Waals surface area contributed by atoms with Crippen LogP contribution in [0.5, 0.6) is 0 Å². The van der Waals surface area contributed by atoms with Gasteiger partial charge in [0.05, 0.1) is 0 Å². The van der Waals surface area contributed by atoms with Gasteiger partial charge in [0.1, 0.15) is 0 Å². The van der Waals surface area contributed by atoms with Crippen molar-refractivity contribution in [3.05, 3.63) is 61.4 Å². The molecule has 0 saturated heterocycles. The molecule has 1 aliphatic rings. The molecule has 0 N–H and O–H groups in total. The first kappa shape index (κ1) is 43.0. The topological polar surface area (TPSA) is 0 Å². The molecular weight excluding hydrogens is 324 g/mol. The average molecular weight is 344 g/mol. The molecule has 0 atom stereocenters. The molecular formula is C10H20CoF6P-7. The Bertz CT molecular complexity index is 194. The van der Waals surface area contributed by atoms with Crippen molar-refractivity contribution < 1.29 is 42.0 Å². The molecule has 1 aliphatic carbocycles. The second-order valence-electron chi connectivity index (χ2n) is 1.96. The summed E-state index contributed by atoms with van der Waals surface area (Å²) in [5.41, 5.74) is 0. The quantitative estimate of drug-likeness (QED) is 0.254. The average Bonchev–Trinajstić information content (AvgIpc) is 2.00. The Kier molecular flexibility index (Phi) is 26.0. The van der Waals surface area contributed by atoms with E-state index in [2.05, 4.69) is 12.2 Å². The summed E-state index contributed by atoms with van der Waals surface area (Å²) in [6, 6.07) is 0. The van der Waals surface area contributed by atoms with E-state index in [0.717, 1.165) is 6.42 Å². The molecule has 18 heavy (non-hydrogen) atoms. The Balaban J connectivity index is -0.0000000205. The predicted octanol–water partition coefficient (Wildman–Crippen LogP) is 6.94. The molecule has 0 unspecified atom stereocenters. The van der Waals surface area contributed by atoms with Gasteiger partial charge in [0.25, 0.3) is 0 Å². The predicted molar refractivity (Wildman–Crippen MR) is 67.2 cm³/mol. The van der Waals surface area contributed by atoms with Crippen LogP contribution in [0.4, 0.5) is 25.2 Å². The molecule has 1 radical (unpaired) electrons. The van der Waals surface area contributed by atoms with Gasteiger partial charge in [-0.1, -0.05) is 0 Å². The van der Waals surface area contributed by atoms with E-state index in [-0.39, 0.29) is 53.9 Å². The van der Waals surface area contributed by atoms with Gasteiger partial charge in [0, 0.05) is 16.8 Å². The van der Waals surface area contributed by atoms with Crippen molar-refractivity contribution >= 4 is 7.81 Å². The zero-order valence-corrected chi connectivity index (χ0v) is 12.9. The van der Waals surface area contributed by atoms with E-state index in [1.165, 1.54) is 0 Å². The summed E-state index contributed by atoms with van der Waals surface area (Å²) in [4.78, 5) is 0. The monoisotopic (exact) mass is 344 g/mol. The SMILES string of the molecule is F[P-](F)(F)(F)(F)F.[C-]1=CC=CC1.[CH3-].[CH3-].[CH3-].[CH3-].[CH3-].[Co]. The Morgan fingerprint density at radius 1 is 0.778 bits per heavy atom. The number of rotatable bonds is 0. The molecule has 0 spiro atoms. The minimum Gasteiger partial charge on any atom is -0.358 e. The largest absolute Gasteiger partial charge is 0.358 e. The second kappa shape index (κ2) is 10.9. The van der Waals surface area contributed by atoms with Gasteiger partial charge < -0.3 is 37.1 Å². The van der Waals surface area contributed by atoms with Gasteiger partial charge in [0.2, 0.25) is 0 Å². The molecule has 0 fully saturated rings. The molecule has 0 aromatic heterocycles. The number of halogens is 6. The van der Waals surface area contributed by atoms with E-state index >= 15 is 0 Å². The fraction of sp³-hybridized carbons (Fsp3) is 0.100. The Hall–Kier alpha value is -0.00351. The van der Waals surface area contributed by atoms with Crippen molar-refractivity contribution in [3.63, 3.8) is 0 Å². The van der Waals surface area contributed by atoms with E-state index in [4.69, 9.17) is 0 Å². The van der Waals surface area contributed by atoms with Crippen molar-refractivity contribution in [2.75, 3.05) is 0 Å². The molecule has 0 nitrogen and oxygen atoms in total. The van der Waals surface area contributed by atoms with Crippen LogP contribution in [0.25, 0.3) is 0 Å². The molecule has 0 aromatic carbocycles. The van der Waals surface area contributed by atoms with Crippen LogP contribution in [0.2, 0.25) is 0 Å². The molecule has 0 heterocycles. The van der Waals surface area contributed by atoms with Gasteiger partial charge in [-0.15, -0.1) is 6.42 Å². The Morgan fingerprint density at radius 2 is 1.06 bits per heavy atom. The minimum atomic E-state index is -10.7. The molecule has 1 rings (SSSR count). The third kappa shape index (κ3) is 144. The standard InChI is InChI=1S/C5H5.5CH3.Co.F6P/c1-2-4-5-3-1;;;;;;;1-7(2,3,4,5)6/h1-3H,4H2;5*1H3;;/q6*-1;;-1. The van der Waals surface area contributed by atoms with Crippen LogP contribution in [0.3, 0.4) is 0 Å². The Morgan fingerprint density at radius 3 is 1.11 bits per heavy atom. The van der Waals surface area contributed by atoms with Crippen LogP contribution in [-0.2, 0) is 16.8 Å². The maximum atomic E-state index is 9.87. The summed E-state index contributed by atoms with van der Waals surface area (Å²) in [5, 5.41) is 0. The minimum absolute atomic E-state index is 0. The number of allylic oxidation sites excluding steroid dienone is 4. The van der Waals surface area contributed by atoms with Crippen molar-refractivity contribution in [2.45, 2.75) is 6.42 Å². The maximum Gasteiger partial charge on any atom is 0 e. The third-order valence-electron chi connectivity index (χ3n) is 0.586. The fourth-order valence-electron chi connectivity index (χ4n) is 0.340. The van der Waals surface area contributed by atoms with Crippen LogP contribution in [0.15, 0.2) is 18.2 Å². The van der Waals surface area contributed by atoms with Gasteiger partial charge in [-0.2, -0.15) is 6.08 Å². The van der Waals surface area contributed by atoms with Crippen LogP contribution >= 0.6 is 7.81 Å². The van der Waals surface area contributed by atoms with E-state index in [9.17, 15) is 25.2 Å².